The van der Waals surface area contributed by atoms with E-state index in [0.29, 0.717) is 24.2 Å². The third-order valence-electron chi connectivity index (χ3n) is 9.03. The summed E-state index contributed by atoms with van der Waals surface area (Å²) in [5, 5.41) is 0. The first-order valence-electron chi connectivity index (χ1n) is 15.3. The second kappa shape index (κ2) is 13.7. The van der Waals surface area contributed by atoms with Gasteiger partial charge in [0.15, 0.2) is 5.78 Å². The Morgan fingerprint density at radius 1 is 0.838 bits per heavy atom. The molecule has 0 aromatic heterocycles. The summed E-state index contributed by atoms with van der Waals surface area (Å²) in [6.07, 6.45) is 18.3. The fraction of sp³-hybridized carbons (Fsp3) is 0.618. The van der Waals surface area contributed by atoms with Crippen LogP contribution in [0.3, 0.4) is 0 Å². The lowest BCUT2D eigenvalue weighted by Crippen LogP contribution is -2.24. The smallest absolute Gasteiger partial charge is 0.162 e. The van der Waals surface area contributed by atoms with Crippen LogP contribution in [0.5, 0.6) is 0 Å². The van der Waals surface area contributed by atoms with Gasteiger partial charge in [0, 0.05) is 25.1 Å². The Bertz CT molecular complexity index is 983. The van der Waals surface area contributed by atoms with Gasteiger partial charge in [-0.05, 0) is 118 Å². The highest BCUT2D eigenvalue weighted by Gasteiger charge is 2.21. The highest BCUT2D eigenvalue weighted by Crippen LogP contribution is 2.30. The van der Waals surface area contributed by atoms with Crippen LogP contribution >= 0.6 is 0 Å². The van der Waals surface area contributed by atoms with Gasteiger partial charge in [0.1, 0.15) is 0 Å². The third kappa shape index (κ3) is 8.01. The zero-order valence-corrected chi connectivity index (χ0v) is 22.9. The maximum atomic E-state index is 12.9. The summed E-state index contributed by atoms with van der Waals surface area (Å²) in [5.74, 6) is 0.940. The topological polar surface area (TPSA) is 29.5 Å². The third-order valence-corrected chi connectivity index (χ3v) is 9.03. The second-order valence-corrected chi connectivity index (χ2v) is 11.9. The Balaban J connectivity index is 1.04. The summed E-state index contributed by atoms with van der Waals surface area (Å²) < 4.78 is 5.85. The molecule has 1 aliphatic carbocycles. The number of fused-ring (bicyclic) bond motifs is 1. The minimum atomic E-state index is 0.306. The zero-order chi connectivity index (χ0) is 25.3. The van der Waals surface area contributed by atoms with Gasteiger partial charge in [-0.1, -0.05) is 55.3 Å². The van der Waals surface area contributed by atoms with Crippen LogP contribution in [0, 0.1) is 5.92 Å². The molecule has 2 aromatic carbocycles. The Morgan fingerprint density at radius 2 is 1.65 bits per heavy atom. The van der Waals surface area contributed by atoms with E-state index in [-0.39, 0.29) is 0 Å². The van der Waals surface area contributed by atoms with Crippen molar-refractivity contribution in [3.63, 3.8) is 0 Å². The lowest BCUT2D eigenvalue weighted by atomic mass is 9.80. The lowest BCUT2D eigenvalue weighted by molar-refractivity contribution is 0.0102. The molecule has 0 N–H and O–H groups in total. The van der Waals surface area contributed by atoms with Crippen molar-refractivity contribution >= 4 is 5.78 Å². The van der Waals surface area contributed by atoms with Crippen molar-refractivity contribution in [3.05, 3.63) is 70.3 Å². The predicted molar refractivity (Wildman–Crippen MR) is 152 cm³/mol. The number of likely N-dealkylation sites (tertiary alicyclic amines) is 1. The van der Waals surface area contributed by atoms with Crippen molar-refractivity contribution in [1.29, 1.82) is 0 Å². The number of nitrogens with zero attached hydrogens (tertiary/aromatic N) is 1. The van der Waals surface area contributed by atoms with Crippen LogP contribution < -0.4 is 0 Å². The van der Waals surface area contributed by atoms with Crippen molar-refractivity contribution in [1.82, 2.24) is 4.90 Å². The molecule has 0 amide bonds. The largest absolute Gasteiger partial charge is 0.378 e. The number of benzene rings is 2. The molecule has 3 nitrogen and oxygen atoms in total. The average molecular weight is 502 g/mol. The summed E-state index contributed by atoms with van der Waals surface area (Å²) in [6, 6.07) is 15.7. The molecule has 2 saturated heterocycles. The van der Waals surface area contributed by atoms with E-state index in [1.165, 1.54) is 94.0 Å². The number of carbonyl (C=O) groups excluding carboxylic acids is 1. The fourth-order valence-electron chi connectivity index (χ4n) is 6.69. The molecule has 0 saturated carbocycles. The monoisotopic (exact) mass is 501 g/mol. The molecule has 200 valence electrons. The Hall–Kier alpha value is -1.97. The molecule has 37 heavy (non-hydrogen) atoms. The molecule has 2 aromatic rings. The van der Waals surface area contributed by atoms with Crippen molar-refractivity contribution < 1.29 is 9.53 Å². The van der Waals surface area contributed by atoms with Gasteiger partial charge in [-0.2, -0.15) is 0 Å². The van der Waals surface area contributed by atoms with E-state index in [1.54, 1.807) is 5.56 Å². The molecule has 0 bridgehead atoms. The molecular formula is C34H47NO2. The van der Waals surface area contributed by atoms with E-state index in [2.05, 4.69) is 47.4 Å². The first-order chi connectivity index (χ1) is 18.2. The summed E-state index contributed by atoms with van der Waals surface area (Å²) in [4.78, 5) is 15.5. The molecule has 1 unspecified atom stereocenters. The number of carbonyl (C=O) groups is 1. The number of hydrogen-bond acceptors (Lipinski definition) is 3. The summed E-state index contributed by atoms with van der Waals surface area (Å²) in [5.41, 5.74) is 6.78. The molecule has 0 spiro atoms. The van der Waals surface area contributed by atoms with Gasteiger partial charge in [0.05, 0.1) is 6.10 Å². The van der Waals surface area contributed by atoms with E-state index in [9.17, 15) is 4.79 Å². The fourth-order valence-corrected chi connectivity index (χ4v) is 6.69. The van der Waals surface area contributed by atoms with Crippen LogP contribution in [0.4, 0.5) is 0 Å². The van der Waals surface area contributed by atoms with Crippen LogP contribution in [0.2, 0.25) is 0 Å². The van der Waals surface area contributed by atoms with E-state index in [4.69, 9.17) is 4.74 Å². The molecule has 2 aliphatic heterocycles. The first-order valence-corrected chi connectivity index (χ1v) is 15.3. The SMILES string of the molecule is O=C(CC[C@H]1CCc2cc(CN3CCCCCC3)ccc2C1)c1ccc(CCCC2CCCCO2)cc1. The normalized spacial score (nSPS) is 22.8. The van der Waals surface area contributed by atoms with E-state index in [0.717, 1.165) is 44.4 Å². The number of rotatable bonds is 10. The van der Waals surface area contributed by atoms with Gasteiger partial charge in [-0.25, -0.2) is 0 Å². The van der Waals surface area contributed by atoms with Crippen LogP contribution in [0.1, 0.15) is 110 Å². The van der Waals surface area contributed by atoms with Gasteiger partial charge < -0.3 is 4.74 Å². The Morgan fingerprint density at radius 3 is 2.43 bits per heavy atom. The molecule has 5 rings (SSSR count). The average Bonchev–Trinajstić information content (AvgIpc) is 3.21. The highest BCUT2D eigenvalue weighted by molar-refractivity contribution is 5.96. The molecular weight excluding hydrogens is 454 g/mol. The van der Waals surface area contributed by atoms with Crippen LogP contribution in [-0.4, -0.2) is 36.5 Å². The van der Waals surface area contributed by atoms with Gasteiger partial charge in [-0.15, -0.1) is 0 Å². The molecule has 2 atom stereocenters. The molecule has 3 heteroatoms. The maximum absolute atomic E-state index is 12.9. The Labute approximate surface area is 225 Å². The van der Waals surface area contributed by atoms with Crippen molar-refractivity contribution in [3.8, 4) is 0 Å². The second-order valence-electron chi connectivity index (χ2n) is 11.9. The maximum Gasteiger partial charge on any atom is 0.162 e. The van der Waals surface area contributed by atoms with Crippen LogP contribution in [-0.2, 0) is 30.5 Å². The van der Waals surface area contributed by atoms with Crippen molar-refractivity contribution in [2.24, 2.45) is 5.92 Å². The number of ether oxygens (including phenoxy) is 1. The lowest BCUT2D eigenvalue weighted by Gasteiger charge is -2.26. The summed E-state index contributed by atoms with van der Waals surface area (Å²) >= 11 is 0. The minimum Gasteiger partial charge on any atom is -0.378 e. The van der Waals surface area contributed by atoms with Gasteiger partial charge in [0.25, 0.3) is 0 Å². The van der Waals surface area contributed by atoms with Gasteiger partial charge in [0.2, 0.25) is 0 Å². The number of ketones is 1. The first kappa shape index (κ1) is 26.6. The van der Waals surface area contributed by atoms with Crippen molar-refractivity contribution in [2.45, 2.75) is 109 Å². The van der Waals surface area contributed by atoms with E-state index < -0.39 is 0 Å². The minimum absolute atomic E-state index is 0.306. The van der Waals surface area contributed by atoms with Gasteiger partial charge in [-0.3, -0.25) is 9.69 Å². The predicted octanol–water partition coefficient (Wildman–Crippen LogP) is 7.72. The highest BCUT2D eigenvalue weighted by atomic mass is 16.5. The van der Waals surface area contributed by atoms with Crippen molar-refractivity contribution in [2.75, 3.05) is 19.7 Å². The number of hydrogen-bond donors (Lipinski definition) is 0. The summed E-state index contributed by atoms with van der Waals surface area (Å²) in [7, 11) is 0. The molecule has 2 fully saturated rings. The van der Waals surface area contributed by atoms with Gasteiger partial charge >= 0.3 is 0 Å². The van der Waals surface area contributed by atoms with E-state index >= 15 is 0 Å². The quantitative estimate of drug-likeness (QED) is 0.312. The Kier molecular flexibility index (Phi) is 9.87. The number of Topliss-reactive ketones (excluding diaryl/α,β-unsaturated/α-hetero) is 1. The zero-order valence-electron chi connectivity index (χ0n) is 22.9. The van der Waals surface area contributed by atoms with E-state index in [1.807, 2.05) is 0 Å². The van der Waals surface area contributed by atoms with Crippen LogP contribution in [0.15, 0.2) is 42.5 Å². The number of aryl methyl sites for hydroxylation is 2. The molecule has 3 aliphatic rings. The van der Waals surface area contributed by atoms with Crippen LogP contribution in [0.25, 0.3) is 0 Å². The standard InChI is InChI=1S/C34H47NO2/c36-34(30-16-11-27(12-17-30)8-7-10-33-9-3-6-23-37-33)20-15-28-13-18-32-25-29(14-19-31(32)24-28)26-35-21-4-1-2-5-22-35/h11-12,14,16-17,19,25,28,33H,1-10,13,15,18,20-24,26H2/t28-,33?/m1/s1. The molecule has 0 radical (unpaired) electrons. The summed E-state index contributed by atoms with van der Waals surface area (Å²) in [6.45, 7) is 4.56. The molecule has 2 heterocycles.